The van der Waals surface area contributed by atoms with E-state index in [1.165, 1.54) is 4.31 Å². The molecule has 3 heterocycles. The largest absolute Gasteiger partial charge is 0.492 e. The summed E-state index contributed by atoms with van der Waals surface area (Å²) in [5.74, 6) is 0.376. The van der Waals surface area contributed by atoms with Crippen LogP contribution in [0, 0.1) is 5.41 Å². The van der Waals surface area contributed by atoms with Gasteiger partial charge in [-0.05, 0) is 37.1 Å². The molecule has 0 aliphatic carbocycles. The van der Waals surface area contributed by atoms with Gasteiger partial charge in [0.05, 0.1) is 6.61 Å². The molecule has 0 saturated carbocycles. The summed E-state index contributed by atoms with van der Waals surface area (Å²) < 4.78 is 33.2. The quantitative estimate of drug-likeness (QED) is 0.808. The van der Waals surface area contributed by atoms with E-state index in [-0.39, 0.29) is 16.2 Å². The number of carbonyl (C=O) groups excluding carboxylic acids is 1. The number of ether oxygens (including phenoxy) is 1. The highest BCUT2D eigenvalue weighted by Crippen LogP contribution is 2.38. The average Bonchev–Trinajstić information content (AvgIpc) is 3.21. The lowest BCUT2D eigenvalue weighted by molar-refractivity contribution is 0.0322. The topological polar surface area (TPSA) is 82.7 Å². The van der Waals surface area contributed by atoms with Gasteiger partial charge in [0, 0.05) is 38.3 Å². The van der Waals surface area contributed by atoms with Crippen LogP contribution in [0.4, 0.5) is 0 Å². The van der Waals surface area contributed by atoms with Gasteiger partial charge in [-0.15, -0.1) is 0 Å². The summed E-state index contributed by atoms with van der Waals surface area (Å²) >= 11 is 0. The van der Waals surface area contributed by atoms with Gasteiger partial charge in [0.1, 0.15) is 16.3 Å². The molecular weight excluding hydrogens is 366 g/mol. The lowest BCUT2D eigenvalue weighted by atomic mass is 9.78. The second kappa shape index (κ2) is 6.69. The Morgan fingerprint density at radius 2 is 1.89 bits per heavy atom. The molecule has 4 rings (SSSR count). The zero-order chi connectivity index (χ0) is 19.1. The van der Waals surface area contributed by atoms with Crippen molar-refractivity contribution in [2.75, 3.05) is 33.3 Å². The van der Waals surface area contributed by atoms with Gasteiger partial charge in [-0.25, -0.2) is 12.7 Å². The molecule has 0 bridgehead atoms. The molecule has 8 heteroatoms. The zero-order valence-electron chi connectivity index (χ0n) is 15.2. The van der Waals surface area contributed by atoms with Crippen molar-refractivity contribution in [2.45, 2.75) is 17.7 Å². The summed E-state index contributed by atoms with van der Waals surface area (Å²) in [4.78, 5) is 17.5. The Balaban J connectivity index is 1.55. The fraction of sp³-hybridized carbons (Fsp3) is 0.421. The highest BCUT2D eigenvalue weighted by Gasteiger charge is 2.42. The Labute approximate surface area is 159 Å². The summed E-state index contributed by atoms with van der Waals surface area (Å²) in [5, 5.41) is 0. The van der Waals surface area contributed by atoms with Crippen LogP contribution in [0.3, 0.4) is 0 Å². The number of hydrogen-bond acceptors (Lipinski definition) is 4. The van der Waals surface area contributed by atoms with Crippen molar-refractivity contribution < 1.29 is 17.9 Å². The Hall–Kier alpha value is -2.32. The van der Waals surface area contributed by atoms with E-state index in [1.54, 1.807) is 49.6 Å². The van der Waals surface area contributed by atoms with Crippen LogP contribution in [-0.2, 0) is 10.0 Å². The number of aromatic nitrogens is 1. The maximum Gasteiger partial charge on any atom is 0.270 e. The van der Waals surface area contributed by atoms with Crippen LogP contribution in [0.15, 0.2) is 47.5 Å². The fourth-order valence-corrected chi connectivity index (χ4v) is 5.32. The predicted molar refractivity (Wildman–Crippen MR) is 100 cm³/mol. The number of hydrogen-bond donors (Lipinski definition) is 1. The second-order valence-corrected chi connectivity index (χ2v) is 9.39. The summed E-state index contributed by atoms with van der Waals surface area (Å²) in [6, 6.07) is 10.3. The van der Waals surface area contributed by atoms with E-state index in [1.807, 2.05) is 4.90 Å². The first kappa shape index (κ1) is 18.1. The molecule has 7 nitrogen and oxygen atoms in total. The maximum absolute atomic E-state index is 12.9. The fourth-order valence-electron chi connectivity index (χ4n) is 3.90. The van der Waals surface area contributed by atoms with Gasteiger partial charge in [-0.2, -0.15) is 0 Å². The molecule has 1 aromatic heterocycles. The van der Waals surface area contributed by atoms with E-state index in [2.05, 4.69) is 4.98 Å². The number of rotatable bonds is 1. The SMILES string of the molecule is CN1CC2(CCN(C(=O)c3ccc[nH]3)CC2)COc2ccccc2S1(=O)=O. The van der Waals surface area contributed by atoms with E-state index in [9.17, 15) is 13.2 Å². The molecule has 27 heavy (non-hydrogen) atoms. The molecule has 2 aliphatic rings. The molecule has 144 valence electrons. The Morgan fingerprint density at radius 1 is 1.15 bits per heavy atom. The number of amides is 1. The number of piperidine rings is 1. The van der Waals surface area contributed by atoms with Crippen molar-refractivity contribution in [1.82, 2.24) is 14.2 Å². The highest BCUT2D eigenvalue weighted by molar-refractivity contribution is 7.89. The summed E-state index contributed by atoms with van der Waals surface area (Å²) in [6.45, 7) is 1.98. The van der Waals surface area contributed by atoms with Gasteiger partial charge in [0.25, 0.3) is 5.91 Å². The van der Waals surface area contributed by atoms with Crippen molar-refractivity contribution in [2.24, 2.45) is 5.41 Å². The minimum absolute atomic E-state index is 0.0204. The van der Waals surface area contributed by atoms with Gasteiger partial charge >= 0.3 is 0 Å². The lowest BCUT2D eigenvalue weighted by Crippen LogP contribution is -2.51. The molecular formula is C19H23N3O4S. The zero-order valence-corrected chi connectivity index (χ0v) is 16.0. The molecule has 1 N–H and O–H groups in total. The van der Waals surface area contributed by atoms with Crippen molar-refractivity contribution in [3.05, 3.63) is 48.3 Å². The van der Waals surface area contributed by atoms with Crippen LogP contribution < -0.4 is 4.74 Å². The first-order valence-electron chi connectivity index (χ1n) is 9.02. The number of H-pyrrole nitrogens is 1. The molecule has 1 amide bonds. The third kappa shape index (κ3) is 3.23. The van der Waals surface area contributed by atoms with Crippen molar-refractivity contribution in [3.63, 3.8) is 0 Å². The molecule has 1 spiro atoms. The smallest absolute Gasteiger partial charge is 0.270 e. The van der Waals surface area contributed by atoms with Crippen molar-refractivity contribution >= 4 is 15.9 Å². The molecule has 0 atom stereocenters. The summed E-state index contributed by atoms with van der Waals surface area (Å²) in [5.41, 5.74) is 0.274. The normalized spacial score (nSPS) is 21.7. The van der Waals surface area contributed by atoms with Crippen LogP contribution >= 0.6 is 0 Å². The van der Waals surface area contributed by atoms with Gasteiger partial charge in [0.2, 0.25) is 10.0 Å². The van der Waals surface area contributed by atoms with Crippen LogP contribution in [0.5, 0.6) is 5.75 Å². The van der Waals surface area contributed by atoms with Gasteiger partial charge in [-0.1, -0.05) is 12.1 Å². The van der Waals surface area contributed by atoms with E-state index < -0.39 is 10.0 Å². The van der Waals surface area contributed by atoms with E-state index >= 15 is 0 Å². The van der Waals surface area contributed by atoms with Crippen LogP contribution in [-0.4, -0.2) is 61.8 Å². The third-order valence-electron chi connectivity index (χ3n) is 5.57. The number of sulfonamides is 1. The predicted octanol–water partition coefficient (Wildman–Crippen LogP) is 1.95. The molecule has 0 radical (unpaired) electrons. The van der Waals surface area contributed by atoms with E-state index in [4.69, 9.17) is 4.74 Å². The van der Waals surface area contributed by atoms with E-state index in [0.717, 1.165) is 0 Å². The highest BCUT2D eigenvalue weighted by atomic mass is 32.2. The Morgan fingerprint density at radius 3 is 2.59 bits per heavy atom. The molecule has 2 aliphatic heterocycles. The molecule has 2 aromatic rings. The van der Waals surface area contributed by atoms with Crippen molar-refractivity contribution in [3.8, 4) is 5.75 Å². The third-order valence-corrected chi connectivity index (χ3v) is 7.41. The minimum Gasteiger partial charge on any atom is -0.492 e. The number of aromatic amines is 1. The molecule has 0 unspecified atom stereocenters. The standard InChI is InChI=1S/C19H23N3O4S/c1-21-13-19(14-26-16-6-2-3-7-17(16)27(21,24)25)8-11-22(12-9-19)18(23)15-5-4-10-20-15/h2-7,10,20H,8-9,11-14H2,1H3. The number of benzene rings is 1. The minimum atomic E-state index is -3.60. The monoisotopic (exact) mass is 389 g/mol. The number of para-hydroxylation sites is 1. The molecule has 1 aromatic carbocycles. The Bertz CT molecular complexity index is 932. The number of nitrogens with zero attached hydrogens (tertiary/aromatic N) is 2. The van der Waals surface area contributed by atoms with Gasteiger partial charge in [0.15, 0.2) is 0 Å². The Kier molecular flexibility index (Phi) is 4.47. The van der Waals surface area contributed by atoms with Crippen molar-refractivity contribution in [1.29, 1.82) is 0 Å². The second-order valence-electron chi connectivity index (χ2n) is 7.37. The summed E-state index contributed by atoms with van der Waals surface area (Å²) in [7, 11) is -1.98. The first-order chi connectivity index (χ1) is 12.9. The van der Waals surface area contributed by atoms with E-state index in [0.29, 0.717) is 50.5 Å². The number of nitrogens with one attached hydrogen (secondary N) is 1. The van der Waals surface area contributed by atoms with Crippen LogP contribution in [0.1, 0.15) is 23.3 Å². The maximum atomic E-state index is 12.9. The number of carbonyl (C=O) groups is 1. The number of likely N-dealkylation sites (tertiary alicyclic amines) is 1. The summed E-state index contributed by atoms with van der Waals surface area (Å²) in [6.07, 6.45) is 3.13. The first-order valence-corrected chi connectivity index (χ1v) is 10.5. The van der Waals surface area contributed by atoms with Gasteiger partial charge in [-0.3, -0.25) is 4.79 Å². The molecule has 1 fully saturated rings. The average molecular weight is 389 g/mol. The van der Waals surface area contributed by atoms with Gasteiger partial charge < -0.3 is 14.6 Å². The number of fused-ring (bicyclic) bond motifs is 1. The molecule has 1 saturated heterocycles. The van der Waals surface area contributed by atoms with Crippen LogP contribution in [0.25, 0.3) is 0 Å². The lowest BCUT2D eigenvalue weighted by Gasteiger charge is -2.44. The van der Waals surface area contributed by atoms with Crippen LogP contribution in [0.2, 0.25) is 0 Å².